The van der Waals surface area contributed by atoms with E-state index in [-0.39, 0.29) is 5.91 Å². The molecule has 1 saturated heterocycles. The normalized spacial score (nSPS) is 16.6. The van der Waals surface area contributed by atoms with Gasteiger partial charge in [-0.15, -0.1) is 0 Å². The summed E-state index contributed by atoms with van der Waals surface area (Å²) in [7, 11) is 0. The molecule has 5 heteroatoms. The minimum absolute atomic E-state index is 0.0379. The number of nitrogens with zero attached hydrogens (tertiary/aromatic N) is 1. The third kappa shape index (κ3) is 4.86. The Balaban J connectivity index is 1.78. The van der Waals surface area contributed by atoms with Crippen LogP contribution in [-0.4, -0.2) is 41.5 Å². The molecular weight excluding hydrogens is 268 g/mol. The van der Waals surface area contributed by atoms with Crippen molar-refractivity contribution in [1.29, 1.82) is 0 Å². The number of piperidine rings is 1. The van der Waals surface area contributed by atoms with E-state index in [1.54, 1.807) is 19.1 Å². The van der Waals surface area contributed by atoms with Gasteiger partial charge in [-0.1, -0.05) is 12.1 Å². The van der Waals surface area contributed by atoms with Gasteiger partial charge in [-0.3, -0.25) is 9.69 Å². The fourth-order valence-electron chi connectivity index (χ4n) is 2.65. The molecule has 0 aromatic heterocycles. The monoisotopic (exact) mass is 290 g/mol. The first-order valence-electron chi connectivity index (χ1n) is 7.33. The van der Waals surface area contributed by atoms with Gasteiger partial charge in [0.2, 0.25) is 5.91 Å². The van der Waals surface area contributed by atoms with Gasteiger partial charge in [0.15, 0.2) is 0 Å². The van der Waals surface area contributed by atoms with Gasteiger partial charge in [0.25, 0.3) is 0 Å². The Labute approximate surface area is 125 Å². The summed E-state index contributed by atoms with van der Waals surface area (Å²) in [6, 6.07) is 7.07. The number of benzene rings is 1. The Hall–Kier alpha value is -1.88. The van der Waals surface area contributed by atoms with Crippen LogP contribution in [0, 0.1) is 5.92 Å². The van der Waals surface area contributed by atoms with Crippen LogP contribution in [0.1, 0.15) is 35.7 Å². The molecule has 2 N–H and O–H groups in total. The van der Waals surface area contributed by atoms with Gasteiger partial charge in [-0.25, -0.2) is 4.79 Å². The Morgan fingerprint density at radius 3 is 2.38 bits per heavy atom. The largest absolute Gasteiger partial charge is 0.478 e. The molecule has 0 spiro atoms. The highest BCUT2D eigenvalue weighted by molar-refractivity contribution is 5.87. The second kappa shape index (κ2) is 7.22. The molecule has 1 amide bonds. The van der Waals surface area contributed by atoms with Gasteiger partial charge in [0.05, 0.1) is 5.56 Å². The minimum atomic E-state index is -0.889. The van der Waals surface area contributed by atoms with Gasteiger partial charge in [-0.05, 0) is 49.5 Å². The van der Waals surface area contributed by atoms with Crippen LogP contribution in [0.2, 0.25) is 0 Å². The van der Waals surface area contributed by atoms with E-state index in [1.807, 2.05) is 12.1 Å². The SMILES string of the molecule is CC(=O)NCC1CCN(Cc2ccc(C(=O)O)cc2)CC1. The minimum Gasteiger partial charge on any atom is -0.478 e. The molecule has 0 atom stereocenters. The summed E-state index contributed by atoms with van der Waals surface area (Å²) in [6.07, 6.45) is 2.18. The lowest BCUT2D eigenvalue weighted by molar-refractivity contribution is -0.119. The molecule has 5 nitrogen and oxygen atoms in total. The summed E-state index contributed by atoms with van der Waals surface area (Å²) in [4.78, 5) is 24.1. The average molecular weight is 290 g/mol. The lowest BCUT2D eigenvalue weighted by Gasteiger charge is -2.32. The number of likely N-dealkylation sites (tertiary alicyclic amines) is 1. The van der Waals surface area contributed by atoms with Crippen LogP contribution in [0.4, 0.5) is 0 Å². The summed E-state index contributed by atoms with van der Waals surface area (Å²) < 4.78 is 0. The maximum atomic E-state index is 10.9. The zero-order valence-electron chi connectivity index (χ0n) is 12.3. The number of nitrogens with one attached hydrogen (secondary N) is 1. The maximum absolute atomic E-state index is 10.9. The molecule has 0 bridgehead atoms. The van der Waals surface area contributed by atoms with Crippen LogP contribution in [-0.2, 0) is 11.3 Å². The van der Waals surface area contributed by atoms with Gasteiger partial charge in [0.1, 0.15) is 0 Å². The van der Waals surface area contributed by atoms with Crippen molar-refractivity contribution in [2.75, 3.05) is 19.6 Å². The summed E-state index contributed by atoms with van der Waals surface area (Å²) in [5.41, 5.74) is 1.47. The fraction of sp³-hybridized carbons (Fsp3) is 0.500. The van der Waals surface area contributed by atoms with Crippen molar-refractivity contribution in [3.63, 3.8) is 0 Å². The number of carbonyl (C=O) groups excluding carboxylic acids is 1. The van der Waals surface area contributed by atoms with Crippen molar-refractivity contribution in [3.8, 4) is 0 Å². The number of carboxylic acids is 1. The number of rotatable bonds is 5. The molecule has 0 saturated carbocycles. The number of hydrogen-bond acceptors (Lipinski definition) is 3. The first-order chi connectivity index (χ1) is 10.0. The number of carbonyl (C=O) groups is 2. The standard InChI is InChI=1S/C16H22N2O3/c1-12(19)17-10-13-6-8-18(9-7-13)11-14-2-4-15(5-3-14)16(20)21/h2-5,13H,6-11H2,1H3,(H,17,19)(H,20,21). The molecule has 1 fully saturated rings. The molecular formula is C16H22N2O3. The second-order valence-electron chi connectivity index (χ2n) is 5.66. The highest BCUT2D eigenvalue weighted by Crippen LogP contribution is 2.18. The van der Waals surface area contributed by atoms with E-state index >= 15 is 0 Å². The van der Waals surface area contributed by atoms with E-state index < -0.39 is 5.97 Å². The highest BCUT2D eigenvalue weighted by atomic mass is 16.4. The summed E-state index contributed by atoms with van der Waals surface area (Å²) in [6.45, 7) is 5.22. The predicted octanol–water partition coefficient (Wildman–Crippen LogP) is 1.73. The number of carboxylic acid groups (broad SMARTS) is 1. The molecule has 0 radical (unpaired) electrons. The van der Waals surface area contributed by atoms with Crippen molar-refractivity contribution in [3.05, 3.63) is 35.4 Å². The van der Waals surface area contributed by atoms with Gasteiger partial charge >= 0.3 is 5.97 Å². The Morgan fingerprint density at radius 1 is 1.24 bits per heavy atom. The number of amides is 1. The summed E-state index contributed by atoms with van der Waals surface area (Å²) in [5, 5.41) is 11.8. The lowest BCUT2D eigenvalue weighted by atomic mass is 9.96. The van der Waals surface area contributed by atoms with Gasteiger partial charge in [0, 0.05) is 20.0 Å². The third-order valence-electron chi connectivity index (χ3n) is 3.95. The van der Waals surface area contributed by atoms with Crippen molar-refractivity contribution >= 4 is 11.9 Å². The van der Waals surface area contributed by atoms with Gasteiger partial charge < -0.3 is 10.4 Å². The van der Waals surface area contributed by atoms with Crippen LogP contribution in [0.5, 0.6) is 0 Å². The smallest absolute Gasteiger partial charge is 0.335 e. The topological polar surface area (TPSA) is 69.6 Å². The van der Waals surface area contributed by atoms with E-state index in [4.69, 9.17) is 5.11 Å². The molecule has 21 heavy (non-hydrogen) atoms. The molecule has 0 aliphatic carbocycles. The number of aromatic carboxylic acids is 1. The first kappa shape index (κ1) is 15.5. The molecule has 0 unspecified atom stereocenters. The Kier molecular flexibility index (Phi) is 5.33. The van der Waals surface area contributed by atoms with Crippen LogP contribution in [0.3, 0.4) is 0 Å². The van der Waals surface area contributed by atoms with Crippen LogP contribution >= 0.6 is 0 Å². The predicted molar refractivity (Wildman–Crippen MR) is 80.1 cm³/mol. The van der Waals surface area contributed by atoms with Crippen LogP contribution in [0.15, 0.2) is 24.3 Å². The Bertz CT molecular complexity index is 491. The molecule has 2 rings (SSSR count). The molecule has 1 aliphatic heterocycles. The van der Waals surface area contributed by atoms with Crippen LogP contribution < -0.4 is 5.32 Å². The zero-order chi connectivity index (χ0) is 15.2. The van der Waals surface area contributed by atoms with Crippen molar-refractivity contribution in [2.45, 2.75) is 26.3 Å². The van der Waals surface area contributed by atoms with Crippen molar-refractivity contribution in [1.82, 2.24) is 10.2 Å². The first-order valence-corrected chi connectivity index (χ1v) is 7.33. The maximum Gasteiger partial charge on any atom is 0.335 e. The second-order valence-corrected chi connectivity index (χ2v) is 5.66. The molecule has 1 aromatic carbocycles. The van der Waals surface area contributed by atoms with E-state index in [0.717, 1.165) is 44.6 Å². The van der Waals surface area contributed by atoms with Crippen LogP contribution in [0.25, 0.3) is 0 Å². The summed E-state index contributed by atoms with van der Waals surface area (Å²) in [5.74, 6) is -0.282. The lowest BCUT2D eigenvalue weighted by Crippen LogP contribution is -2.37. The van der Waals surface area contributed by atoms with Crippen molar-refractivity contribution < 1.29 is 14.7 Å². The molecule has 1 heterocycles. The van der Waals surface area contributed by atoms with Gasteiger partial charge in [-0.2, -0.15) is 0 Å². The average Bonchev–Trinajstić information content (AvgIpc) is 2.47. The fourth-order valence-corrected chi connectivity index (χ4v) is 2.65. The third-order valence-corrected chi connectivity index (χ3v) is 3.95. The quantitative estimate of drug-likeness (QED) is 0.866. The van der Waals surface area contributed by atoms with E-state index in [2.05, 4.69) is 10.2 Å². The molecule has 114 valence electrons. The summed E-state index contributed by atoms with van der Waals surface area (Å²) >= 11 is 0. The molecule has 1 aromatic rings. The number of hydrogen-bond donors (Lipinski definition) is 2. The van der Waals surface area contributed by atoms with E-state index in [0.29, 0.717) is 11.5 Å². The zero-order valence-corrected chi connectivity index (χ0v) is 12.3. The molecule has 1 aliphatic rings. The Morgan fingerprint density at radius 2 is 1.86 bits per heavy atom. The van der Waals surface area contributed by atoms with Crippen molar-refractivity contribution in [2.24, 2.45) is 5.92 Å². The van der Waals surface area contributed by atoms with E-state index in [1.165, 1.54) is 0 Å². The highest BCUT2D eigenvalue weighted by Gasteiger charge is 2.19. The van der Waals surface area contributed by atoms with E-state index in [9.17, 15) is 9.59 Å².